The molecule has 0 radical (unpaired) electrons. The van der Waals surface area contributed by atoms with E-state index in [4.69, 9.17) is 4.74 Å². The van der Waals surface area contributed by atoms with E-state index in [0.717, 1.165) is 54.2 Å². The second-order valence-corrected chi connectivity index (χ2v) is 10.2. The average Bonchev–Trinajstić information content (AvgIpc) is 3.59. The third-order valence-electron chi connectivity index (χ3n) is 6.89. The number of carbonyl (C=O) groups excluding carboxylic acids is 2. The SMILES string of the molecule is CCC(=O)N1CCc2ccc(OCc3nc(C(=O)N4CCCC4)cs3)cc2[C@@H]1c1ccc(C)cc1. The summed E-state index contributed by atoms with van der Waals surface area (Å²) in [4.78, 5) is 33.8. The maximum Gasteiger partial charge on any atom is 0.273 e. The fraction of sp³-hybridized carbons (Fsp3) is 0.393. The van der Waals surface area contributed by atoms with Gasteiger partial charge in [0.2, 0.25) is 5.91 Å². The van der Waals surface area contributed by atoms with Gasteiger partial charge >= 0.3 is 0 Å². The van der Waals surface area contributed by atoms with Crippen molar-refractivity contribution in [1.29, 1.82) is 0 Å². The minimum atomic E-state index is -0.125. The van der Waals surface area contributed by atoms with Crippen LogP contribution < -0.4 is 4.74 Å². The summed E-state index contributed by atoms with van der Waals surface area (Å²) in [5.41, 5.74) is 5.18. The third kappa shape index (κ3) is 4.96. The van der Waals surface area contributed by atoms with Crippen LogP contribution in [0.1, 0.15) is 70.0 Å². The Hall–Kier alpha value is -3.19. The molecule has 7 heteroatoms. The van der Waals surface area contributed by atoms with Crippen LogP contribution in [-0.2, 0) is 17.8 Å². The largest absolute Gasteiger partial charge is 0.486 e. The Labute approximate surface area is 210 Å². The first-order valence-corrected chi connectivity index (χ1v) is 13.3. The molecule has 0 N–H and O–H groups in total. The molecule has 0 saturated carbocycles. The van der Waals surface area contributed by atoms with E-state index in [1.807, 2.05) is 28.2 Å². The van der Waals surface area contributed by atoms with E-state index in [0.29, 0.717) is 25.3 Å². The van der Waals surface area contributed by atoms with Crippen molar-refractivity contribution in [2.75, 3.05) is 19.6 Å². The molecule has 6 nitrogen and oxygen atoms in total. The van der Waals surface area contributed by atoms with Crippen LogP contribution >= 0.6 is 11.3 Å². The van der Waals surface area contributed by atoms with Crippen molar-refractivity contribution < 1.29 is 14.3 Å². The number of aryl methyl sites for hydroxylation is 1. The average molecular weight is 490 g/mol. The monoisotopic (exact) mass is 489 g/mol. The van der Waals surface area contributed by atoms with Gasteiger partial charge in [0.1, 0.15) is 23.1 Å². The summed E-state index contributed by atoms with van der Waals surface area (Å²) in [7, 11) is 0. The van der Waals surface area contributed by atoms with E-state index < -0.39 is 0 Å². The Morgan fingerprint density at radius 3 is 2.60 bits per heavy atom. The fourth-order valence-electron chi connectivity index (χ4n) is 4.97. The molecule has 2 amide bonds. The molecule has 1 atom stereocenters. The number of likely N-dealkylation sites (tertiary alicyclic amines) is 1. The smallest absolute Gasteiger partial charge is 0.273 e. The lowest BCUT2D eigenvalue weighted by Crippen LogP contribution is -2.40. The minimum absolute atomic E-state index is 0.0143. The summed E-state index contributed by atoms with van der Waals surface area (Å²) in [6.45, 7) is 6.64. The van der Waals surface area contributed by atoms with Gasteiger partial charge in [0, 0.05) is 31.4 Å². The number of hydrogen-bond acceptors (Lipinski definition) is 5. The van der Waals surface area contributed by atoms with E-state index in [9.17, 15) is 9.59 Å². The number of hydrogen-bond donors (Lipinski definition) is 0. The molecule has 3 heterocycles. The van der Waals surface area contributed by atoms with Crippen LogP contribution in [0.2, 0.25) is 0 Å². The highest BCUT2D eigenvalue weighted by Gasteiger charge is 2.31. The van der Waals surface area contributed by atoms with Gasteiger partial charge in [0.15, 0.2) is 0 Å². The topological polar surface area (TPSA) is 62.7 Å². The number of carbonyl (C=O) groups is 2. The Morgan fingerprint density at radius 2 is 1.86 bits per heavy atom. The van der Waals surface area contributed by atoms with Crippen LogP contribution in [0, 0.1) is 6.92 Å². The summed E-state index contributed by atoms with van der Waals surface area (Å²) >= 11 is 1.45. The summed E-state index contributed by atoms with van der Waals surface area (Å²) in [6, 6.07) is 14.5. The molecule has 1 saturated heterocycles. The molecule has 1 fully saturated rings. The molecule has 35 heavy (non-hydrogen) atoms. The number of thiazole rings is 1. The summed E-state index contributed by atoms with van der Waals surface area (Å²) in [5, 5.41) is 2.61. The van der Waals surface area contributed by atoms with E-state index in [-0.39, 0.29) is 17.9 Å². The van der Waals surface area contributed by atoms with Crippen molar-refractivity contribution in [1.82, 2.24) is 14.8 Å². The van der Waals surface area contributed by atoms with E-state index >= 15 is 0 Å². The van der Waals surface area contributed by atoms with Gasteiger partial charge in [-0.05, 0) is 55.0 Å². The maximum absolute atomic E-state index is 12.8. The summed E-state index contributed by atoms with van der Waals surface area (Å²) in [6.07, 6.45) is 3.44. The number of benzene rings is 2. The number of amides is 2. The molecule has 3 aromatic rings. The number of aromatic nitrogens is 1. The molecular formula is C28H31N3O3S. The predicted octanol–water partition coefficient (Wildman–Crippen LogP) is 5.15. The van der Waals surface area contributed by atoms with Gasteiger partial charge in [-0.1, -0.05) is 42.8 Å². The molecule has 2 aliphatic rings. The number of rotatable bonds is 6. The van der Waals surface area contributed by atoms with Crippen molar-refractivity contribution in [3.63, 3.8) is 0 Å². The second-order valence-electron chi connectivity index (χ2n) is 9.28. The number of fused-ring (bicyclic) bond motifs is 1. The molecule has 5 rings (SSSR count). The van der Waals surface area contributed by atoms with Gasteiger partial charge in [-0.2, -0.15) is 0 Å². The van der Waals surface area contributed by atoms with Crippen LogP contribution in [0.4, 0.5) is 0 Å². The first-order chi connectivity index (χ1) is 17.0. The zero-order valence-electron chi connectivity index (χ0n) is 20.3. The molecule has 0 bridgehead atoms. The molecule has 0 aliphatic carbocycles. The Balaban J connectivity index is 1.36. The van der Waals surface area contributed by atoms with Crippen LogP contribution in [0.3, 0.4) is 0 Å². The molecular weight excluding hydrogens is 458 g/mol. The van der Waals surface area contributed by atoms with Crippen LogP contribution in [-0.4, -0.2) is 46.2 Å². The second kappa shape index (κ2) is 10.2. The highest BCUT2D eigenvalue weighted by Crippen LogP contribution is 2.37. The van der Waals surface area contributed by atoms with Gasteiger partial charge < -0.3 is 14.5 Å². The Kier molecular flexibility index (Phi) is 6.86. The molecule has 2 aromatic carbocycles. The molecule has 2 aliphatic heterocycles. The van der Waals surface area contributed by atoms with Crippen molar-refractivity contribution in [2.45, 2.75) is 52.2 Å². The fourth-order valence-corrected chi connectivity index (χ4v) is 5.64. The van der Waals surface area contributed by atoms with Crippen molar-refractivity contribution in [2.24, 2.45) is 0 Å². The minimum Gasteiger partial charge on any atom is -0.486 e. The van der Waals surface area contributed by atoms with E-state index in [1.165, 1.54) is 22.5 Å². The van der Waals surface area contributed by atoms with Gasteiger partial charge in [-0.3, -0.25) is 9.59 Å². The molecule has 1 aromatic heterocycles. The summed E-state index contributed by atoms with van der Waals surface area (Å²) in [5.74, 6) is 0.917. The van der Waals surface area contributed by atoms with Gasteiger partial charge in [-0.25, -0.2) is 4.98 Å². The van der Waals surface area contributed by atoms with Gasteiger partial charge in [0.05, 0.1) is 6.04 Å². The highest BCUT2D eigenvalue weighted by molar-refractivity contribution is 7.09. The number of ether oxygens (including phenoxy) is 1. The van der Waals surface area contributed by atoms with Crippen LogP contribution in [0.15, 0.2) is 47.8 Å². The lowest BCUT2D eigenvalue weighted by Gasteiger charge is -2.38. The summed E-state index contributed by atoms with van der Waals surface area (Å²) < 4.78 is 6.12. The first-order valence-electron chi connectivity index (χ1n) is 12.4. The zero-order chi connectivity index (χ0) is 24.4. The Morgan fingerprint density at radius 1 is 1.09 bits per heavy atom. The quantitative estimate of drug-likeness (QED) is 0.480. The number of nitrogens with zero attached hydrogens (tertiary/aromatic N) is 3. The highest BCUT2D eigenvalue weighted by atomic mass is 32.1. The third-order valence-corrected chi connectivity index (χ3v) is 7.71. The standard InChI is InChI=1S/C28H31N3O3S/c1-3-26(32)31-15-12-20-10-11-22(16-23(20)27(31)21-8-6-19(2)7-9-21)34-17-25-29-24(18-35-25)28(33)30-13-4-5-14-30/h6-11,16,18,27H,3-5,12-15,17H2,1-2H3/t27-/m0/s1. The van der Waals surface area contributed by atoms with E-state index in [2.05, 4.69) is 48.3 Å². The van der Waals surface area contributed by atoms with Crippen LogP contribution in [0.5, 0.6) is 5.75 Å². The normalized spacial score (nSPS) is 17.4. The first kappa shape index (κ1) is 23.5. The Bertz CT molecular complexity index is 1210. The van der Waals surface area contributed by atoms with E-state index in [1.54, 1.807) is 0 Å². The molecule has 0 unspecified atom stereocenters. The lowest BCUT2D eigenvalue weighted by molar-refractivity contribution is -0.132. The predicted molar refractivity (Wildman–Crippen MR) is 137 cm³/mol. The van der Waals surface area contributed by atoms with Crippen molar-refractivity contribution in [3.8, 4) is 5.75 Å². The molecule has 0 spiro atoms. The van der Waals surface area contributed by atoms with Crippen molar-refractivity contribution >= 4 is 23.2 Å². The lowest BCUT2D eigenvalue weighted by atomic mass is 9.87. The maximum atomic E-state index is 12.8. The van der Waals surface area contributed by atoms with Gasteiger partial charge in [0.25, 0.3) is 5.91 Å². The molecule has 182 valence electrons. The van der Waals surface area contributed by atoms with Crippen molar-refractivity contribution in [3.05, 3.63) is 80.8 Å². The van der Waals surface area contributed by atoms with Gasteiger partial charge in [-0.15, -0.1) is 11.3 Å². The zero-order valence-corrected chi connectivity index (χ0v) is 21.1. The van der Waals surface area contributed by atoms with Crippen LogP contribution in [0.25, 0.3) is 0 Å².